The van der Waals surface area contributed by atoms with E-state index >= 15 is 0 Å². The molecule has 2 aromatic rings. The number of rotatable bonds is 4. The molecule has 0 radical (unpaired) electrons. The van der Waals surface area contributed by atoms with Gasteiger partial charge in [-0.3, -0.25) is 0 Å². The number of thiophene rings is 1. The standard InChI is InChI=1S/C14H13BrF3NS/c1-3-19-14(9-6-12(15)20-7(9)2)8-4-10(16)13(18)11(17)5-8/h4-6,14,19H,3H2,1-2H3. The van der Waals surface area contributed by atoms with Crippen LogP contribution in [0.4, 0.5) is 13.2 Å². The Morgan fingerprint density at radius 3 is 2.25 bits per heavy atom. The fourth-order valence-corrected chi connectivity index (χ4v) is 3.85. The van der Waals surface area contributed by atoms with Crippen LogP contribution in [0.3, 0.4) is 0 Å². The van der Waals surface area contributed by atoms with Crippen molar-refractivity contribution in [3.8, 4) is 0 Å². The predicted molar refractivity (Wildman–Crippen MR) is 78.6 cm³/mol. The summed E-state index contributed by atoms with van der Waals surface area (Å²) in [5, 5.41) is 3.17. The van der Waals surface area contributed by atoms with Crippen molar-refractivity contribution in [2.24, 2.45) is 0 Å². The smallest absolute Gasteiger partial charge is 0.194 e. The van der Waals surface area contributed by atoms with Crippen LogP contribution in [-0.4, -0.2) is 6.54 Å². The molecule has 0 aliphatic rings. The topological polar surface area (TPSA) is 12.0 Å². The molecule has 1 atom stereocenters. The lowest BCUT2D eigenvalue weighted by molar-refractivity contribution is 0.442. The van der Waals surface area contributed by atoms with Gasteiger partial charge in [-0.2, -0.15) is 0 Å². The lowest BCUT2D eigenvalue weighted by Crippen LogP contribution is -2.22. The third kappa shape index (κ3) is 3.07. The molecule has 0 amide bonds. The van der Waals surface area contributed by atoms with Crippen LogP contribution in [0.2, 0.25) is 0 Å². The van der Waals surface area contributed by atoms with Crippen molar-refractivity contribution in [2.75, 3.05) is 6.54 Å². The van der Waals surface area contributed by atoms with Crippen LogP contribution in [0.5, 0.6) is 0 Å². The Morgan fingerprint density at radius 1 is 1.20 bits per heavy atom. The van der Waals surface area contributed by atoms with Crippen LogP contribution in [0.25, 0.3) is 0 Å². The van der Waals surface area contributed by atoms with E-state index in [0.29, 0.717) is 12.1 Å². The minimum atomic E-state index is -1.44. The normalized spacial score (nSPS) is 12.7. The zero-order chi connectivity index (χ0) is 14.9. The van der Waals surface area contributed by atoms with Gasteiger partial charge in [-0.25, -0.2) is 13.2 Å². The van der Waals surface area contributed by atoms with Crippen molar-refractivity contribution in [3.63, 3.8) is 0 Å². The van der Waals surface area contributed by atoms with E-state index in [2.05, 4.69) is 21.2 Å². The average Bonchev–Trinajstić information content (AvgIpc) is 2.71. The zero-order valence-electron chi connectivity index (χ0n) is 10.9. The average molecular weight is 364 g/mol. The Hall–Kier alpha value is -0.850. The fourth-order valence-electron chi connectivity index (χ4n) is 2.10. The monoisotopic (exact) mass is 363 g/mol. The summed E-state index contributed by atoms with van der Waals surface area (Å²) in [6.07, 6.45) is 0. The highest BCUT2D eigenvalue weighted by molar-refractivity contribution is 9.11. The summed E-state index contributed by atoms with van der Waals surface area (Å²) in [5.41, 5.74) is 1.30. The first-order chi connectivity index (χ1) is 9.43. The molecule has 2 rings (SSSR count). The summed E-state index contributed by atoms with van der Waals surface area (Å²) < 4.78 is 40.8. The number of aryl methyl sites for hydroxylation is 1. The van der Waals surface area contributed by atoms with Crippen LogP contribution in [0.1, 0.15) is 29.0 Å². The van der Waals surface area contributed by atoms with Crippen LogP contribution in [0, 0.1) is 24.4 Å². The van der Waals surface area contributed by atoms with E-state index in [9.17, 15) is 13.2 Å². The van der Waals surface area contributed by atoms with Gasteiger partial charge in [0.1, 0.15) is 0 Å². The molecule has 1 nitrogen and oxygen atoms in total. The minimum Gasteiger partial charge on any atom is -0.306 e. The fraction of sp³-hybridized carbons (Fsp3) is 0.286. The van der Waals surface area contributed by atoms with E-state index in [1.165, 1.54) is 0 Å². The molecule has 1 heterocycles. The van der Waals surface area contributed by atoms with Gasteiger partial charge >= 0.3 is 0 Å². The maximum atomic E-state index is 13.4. The van der Waals surface area contributed by atoms with Crippen molar-refractivity contribution in [2.45, 2.75) is 19.9 Å². The number of nitrogens with one attached hydrogen (secondary N) is 1. The molecule has 1 N–H and O–H groups in total. The zero-order valence-corrected chi connectivity index (χ0v) is 13.3. The molecule has 6 heteroatoms. The summed E-state index contributed by atoms with van der Waals surface area (Å²) >= 11 is 4.94. The maximum Gasteiger partial charge on any atom is 0.194 e. The number of halogens is 4. The molecule has 0 bridgehead atoms. The Balaban J connectivity index is 2.51. The SMILES string of the molecule is CCNC(c1cc(F)c(F)c(F)c1)c1cc(Br)sc1C. The van der Waals surface area contributed by atoms with E-state index in [1.54, 1.807) is 11.3 Å². The molecule has 0 saturated heterocycles. The van der Waals surface area contributed by atoms with Crippen molar-refractivity contribution in [1.29, 1.82) is 0 Å². The molecule has 1 unspecified atom stereocenters. The van der Waals surface area contributed by atoms with Crippen molar-refractivity contribution < 1.29 is 13.2 Å². The summed E-state index contributed by atoms with van der Waals surface area (Å²) in [4.78, 5) is 1.04. The number of hydrogen-bond donors (Lipinski definition) is 1. The molecule has 0 spiro atoms. The molecule has 1 aromatic heterocycles. The van der Waals surface area contributed by atoms with Gasteiger partial charge in [-0.15, -0.1) is 11.3 Å². The van der Waals surface area contributed by atoms with Crippen molar-refractivity contribution >= 4 is 27.3 Å². The van der Waals surface area contributed by atoms with Crippen LogP contribution in [0.15, 0.2) is 22.0 Å². The second kappa shape index (κ2) is 6.28. The molecular formula is C14H13BrF3NS. The highest BCUT2D eigenvalue weighted by Gasteiger charge is 2.21. The van der Waals surface area contributed by atoms with Crippen LogP contribution >= 0.6 is 27.3 Å². The highest BCUT2D eigenvalue weighted by atomic mass is 79.9. The van der Waals surface area contributed by atoms with E-state index in [4.69, 9.17) is 0 Å². The molecule has 1 aromatic carbocycles. The van der Waals surface area contributed by atoms with Gasteiger partial charge in [0.25, 0.3) is 0 Å². The quantitative estimate of drug-likeness (QED) is 0.759. The highest BCUT2D eigenvalue weighted by Crippen LogP contribution is 2.34. The Bertz CT molecular complexity index is 604. The predicted octanol–water partition coefficient (Wildman–Crippen LogP) is 4.94. The van der Waals surface area contributed by atoms with Gasteiger partial charge in [0.2, 0.25) is 0 Å². The maximum absolute atomic E-state index is 13.4. The van der Waals surface area contributed by atoms with E-state index in [0.717, 1.165) is 26.4 Å². The second-order valence-corrected chi connectivity index (χ2v) is 6.99. The van der Waals surface area contributed by atoms with Crippen LogP contribution in [-0.2, 0) is 0 Å². The molecule has 20 heavy (non-hydrogen) atoms. The largest absolute Gasteiger partial charge is 0.306 e. The molecule has 0 saturated carbocycles. The molecule has 0 fully saturated rings. The summed E-state index contributed by atoms with van der Waals surface area (Å²) in [5.74, 6) is -3.78. The molecule has 108 valence electrons. The Labute approximate surface area is 128 Å². The van der Waals surface area contributed by atoms with Crippen molar-refractivity contribution in [1.82, 2.24) is 5.32 Å². The third-order valence-corrected chi connectivity index (χ3v) is 4.55. The molecule has 0 aliphatic heterocycles. The first-order valence-electron chi connectivity index (χ1n) is 6.07. The van der Waals surface area contributed by atoms with E-state index in [1.807, 2.05) is 19.9 Å². The lowest BCUT2D eigenvalue weighted by Gasteiger charge is -2.19. The Kier molecular flexibility index (Phi) is 4.88. The number of benzene rings is 1. The van der Waals surface area contributed by atoms with Gasteiger partial charge in [0, 0.05) is 4.88 Å². The number of hydrogen-bond acceptors (Lipinski definition) is 2. The third-order valence-electron chi connectivity index (χ3n) is 2.98. The van der Waals surface area contributed by atoms with E-state index in [-0.39, 0.29) is 6.04 Å². The Morgan fingerprint density at radius 2 is 1.80 bits per heavy atom. The van der Waals surface area contributed by atoms with Gasteiger partial charge in [0.15, 0.2) is 17.5 Å². The first kappa shape index (κ1) is 15.5. The molecular weight excluding hydrogens is 351 g/mol. The summed E-state index contributed by atoms with van der Waals surface area (Å²) in [6, 6.07) is 3.62. The van der Waals surface area contributed by atoms with Crippen molar-refractivity contribution in [3.05, 3.63) is 55.4 Å². The van der Waals surface area contributed by atoms with Gasteiger partial charge in [-0.05, 0) is 58.7 Å². The summed E-state index contributed by atoms with van der Waals surface area (Å²) in [7, 11) is 0. The summed E-state index contributed by atoms with van der Waals surface area (Å²) in [6.45, 7) is 4.46. The van der Waals surface area contributed by atoms with Gasteiger partial charge < -0.3 is 5.32 Å². The van der Waals surface area contributed by atoms with E-state index < -0.39 is 17.5 Å². The lowest BCUT2D eigenvalue weighted by atomic mass is 9.99. The van der Waals surface area contributed by atoms with Gasteiger partial charge in [0.05, 0.1) is 9.83 Å². The van der Waals surface area contributed by atoms with Crippen LogP contribution < -0.4 is 5.32 Å². The minimum absolute atomic E-state index is 0.368. The molecule has 0 aliphatic carbocycles. The second-order valence-electron chi connectivity index (χ2n) is 4.35. The first-order valence-corrected chi connectivity index (χ1v) is 7.68. The van der Waals surface area contributed by atoms with Gasteiger partial charge in [-0.1, -0.05) is 6.92 Å².